The Morgan fingerprint density at radius 3 is 2.53 bits per heavy atom. The molecule has 1 unspecified atom stereocenters. The van der Waals surface area contributed by atoms with Crippen molar-refractivity contribution >= 4 is 17.7 Å². The Balaban J connectivity index is 3.64. The summed E-state index contributed by atoms with van der Waals surface area (Å²) in [6.45, 7) is 1.91. The van der Waals surface area contributed by atoms with Crippen LogP contribution in [0.2, 0.25) is 0 Å². The molecule has 0 aromatic heterocycles. The van der Waals surface area contributed by atoms with Crippen molar-refractivity contribution in [2.75, 3.05) is 19.5 Å². The van der Waals surface area contributed by atoms with E-state index in [0.29, 0.717) is 6.42 Å². The number of rotatable bonds is 11. The first kappa shape index (κ1) is 16.8. The van der Waals surface area contributed by atoms with Gasteiger partial charge in [-0.1, -0.05) is 32.6 Å². The van der Waals surface area contributed by atoms with Crippen LogP contribution in [0.15, 0.2) is 0 Å². The maximum atomic E-state index is 11.9. The summed E-state index contributed by atoms with van der Waals surface area (Å²) >= 11 is 1.68. The van der Waals surface area contributed by atoms with Gasteiger partial charge in [-0.15, -0.1) is 11.8 Å². The normalized spacial score (nSPS) is 12.4. The third-order valence-electron chi connectivity index (χ3n) is 2.63. The van der Waals surface area contributed by atoms with Gasteiger partial charge in [0.1, 0.15) is 5.25 Å². The predicted molar refractivity (Wildman–Crippen MR) is 72.2 cm³/mol. The van der Waals surface area contributed by atoms with Crippen LogP contribution in [0.5, 0.6) is 0 Å². The molecule has 1 atom stereocenters. The molecule has 2 nitrogen and oxygen atoms in total. The lowest BCUT2D eigenvalue weighted by Crippen LogP contribution is -2.19. The lowest BCUT2D eigenvalue weighted by Gasteiger charge is -2.13. The maximum absolute atomic E-state index is 11.9. The van der Waals surface area contributed by atoms with Crippen LogP contribution in [0.3, 0.4) is 0 Å². The van der Waals surface area contributed by atoms with E-state index in [-0.39, 0.29) is 17.9 Å². The monoisotopic (exact) mass is 264 g/mol. The van der Waals surface area contributed by atoms with Gasteiger partial charge in [0.15, 0.2) is 0 Å². The van der Waals surface area contributed by atoms with Crippen molar-refractivity contribution in [2.24, 2.45) is 0 Å². The van der Waals surface area contributed by atoms with Crippen LogP contribution in [0, 0.1) is 0 Å². The Morgan fingerprint density at radius 2 is 1.94 bits per heavy atom. The van der Waals surface area contributed by atoms with Gasteiger partial charge in [-0.3, -0.25) is 9.18 Å². The number of alkyl halides is 1. The minimum atomic E-state index is -0.214. The second kappa shape index (κ2) is 12.2. The van der Waals surface area contributed by atoms with E-state index in [1.165, 1.54) is 7.11 Å². The summed E-state index contributed by atoms with van der Waals surface area (Å²) in [6.07, 6.45) is 6.80. The number of methoxy groups -OCH3 is 1. The minimum absolute atomic E-state index is 0.0128. The molecule has 0 fully saturated rings. The first-order valence-electron chi connectivity index (χ1n) is 6.51. The zero-order valence-electron chi connectivity index (χ0n) is 11.0. The van der Waals surface area contributed by atoms with Crippen molar-refractivity contribution in [3.63, 3.8) is 0 Å². The van der Waals surface area contributed by atoms with Gasteiger partial charge in [-0.2, -0.15) is 0 Å². The van der Waals surface area contributed by atoms with Crippen LogP contribution in [0.1, 0.15) is 51.9 Å². The van der Waals surface area contributed by atoms with Gasteiger partial charge < -0.3 is 4.74 Å². The second-order valence-corrected chi connectivity index (χ2v) is 5.44. The van der Waals surface area contributed by atoms with Gasteiger partial charge in [0, 0.05) is 0 Å². The Bertz CT molecular complexity index is 188. The van der Waals surface area contributed by atoms with E-state index in [9.17, 15) is 9.18 Å². The van der Waals surface area contributed by atoms with Gasteiger partial charge in [-0.25, -0.2) is 0 Å². The summed E-state index contributed by atoms with van der Waals surface area (Å²) in [5, 5.41) is -0.0128. The Labute approximate surface area is 109 Å². The molecule has 0 bridgehead atoms. The molecule has 0 heterocycles. The fourth-order valence-corrected chi connectivity index (χ4v) is 2.79. The van der Waals surface area contributed by atoms with Crippen molar-refractivity contribution < 1.29 is 13.9 Å². The van der Waals surface area contributed by atoms with Crippen molar-refractivity contribution in [1.82, 2.24) is 0 Å². The number of esters is 1. The molecule has 0 rings (SSSR count). The van der Waals surface area contributed by atoms with Gasteiger partial charge in [0.25, 0.3) is 0 Å². The standard InChI is InChI=1S/C13H25FO2S/c1-3-4-9-12(13(15)16-2)17-11-8-6-5-7-10-14/h12H,3-11H2,1-2H3. The summed E-state index contributed by atoms with van der Waals surface area (Å²) < 4.78 is 16.7. The molecule has 0 aliphatic heterocycles. The van der Waals surface area contributed by atoms with Crippen LogP contribution in [0.25, 0.3) is 0 Å². The maximum Gasteiger partial charge on any atom is 0.318 e. The van der Waals surface area contributed by atoms with Crippen LogP contribution in [0.4, 0.5) is 4.39 Å². The third kappa shape index (κ3) is 9.45. The summed E-state index contributed by atoms with van der Waals surface area (Å²) in [7, 11) is 1.45. The predicted octanol–water partition coefficient (Wildman–Crippen LogP) is 3.98. The highest BCUT2D eigenvalue weighted by Gasteiger charge is 2.18. The smallest absolute Gasteiger partial charge is 0.318 e. The SMILES string of the molecule is CCCCC(SCCCCCCF)C(=O)OC. The molecule has 0 saturated heterocycles. The summed E-state index contributed by atoms with van der Waals surface area (Å²) in [5.74, 6) is 0.864. The molecule has 0 spiro atoms. The van der Waals surface area contributed by atoms with E-state index in [1.807, 2.05) is 0 Å². The molecule has 0 aromatic carbocycles. The molecule has 0 aromatic rings. The number of unbranched alkanes of at least 4 members (excludes halogenated alkanes) is 4. The van der Waals surface area contributed by atoms with Gasteiger partial charge >= 0.3 is 5.97 Å². The first-order chi connectivity index (χ1) is 8.26. The Morgan fingerprint density at radius 1 is 1.24 bits per heavy atom. The van der Waals surface area contributed by atoms with E-state index in [1.54, 1.807) is 11.8 Å². The number of halogens is 1. The van der Waals surface area contributed by atoms with E-state index in [2.05, 4.69) is 6.92 Å². The lowest BCUT2D eigenvalue weighted by molar-refractivity contribution is -0.140. The highest BCUT2D eigenvalue weighted by molar-refractivity contribution is 8.00. The van der Waals surface area contributed by atoms with E-state index in [0.717, 1.165) is 44.3 Å². The zero-order valence-corrected chi connectivity index (χ0v) is 11.9. The molecule has 102 valence electrons. The fourth-order valence-electron chi connectivity index (χ4n) is 1.57. The van der Waals surface area contributed by atoms with Crippen LogP contribution in [-0.2, 0) is 9.53 Å². The van der Waals surface area contributed by atoms with Crippen molar-refractivity contribution in [1.29, 1.82) is 0 Å². The van der Waals surface area contributed by atoms with Crippen LogP contribution in [-0.4, -0.2) is 30.8 Å². The van der Waals surface area contributed by atoms with E-state index < -0.39 is 0 Å². The van der Waals surface area contributed by atoms with E-state index >= 15 is 0 Å². The molecule has 0 saturated carbocycles. The number of hydrogen-bond acceptors (Lipinski definition) is 3. The molecule has 4 heteroatoms. The average molecular weight is 264 g/mol. The Hall–Kier alpha value is -0.250. The van der Waals surface area contributed by atoms with Crippen LogP contribution >= 0.6 is 11.8 Å². The molecule has 0 amide bonds. The van der Waals surface area contributed by atoms with Crippen molar-refractivity contribution in [3.05, 3.63) is 0 Å². The van der Waals surface area contributed by atoms with Gasteiger partial charge in [0.05, 0.1) is 13.8 Å². The number of hydrogen-bond donors (Lipinski definition) is 0. The average Bonchev–Trinajstić information content (AvgIpc) is 2.36. The molecule has 0 aliphatic rings. The lowest BCUT2D eigenvalue weighted by atomic mass is 10.2. The topological polar surface area (TPSA) is 26.3 Å². The molecule has 0 radical (unpaired) electrons. The first-order valence-corrected chi connectivity index (χ1v) is 7.56. The number of ether oxygens (including phenoxy) is 1. The number of carbonyl (C=O) groups excluding carboxylic acids is 1. The summed E-state index contributed by atoms with van der Waals surface area (Å²) in [6, 6.07) is 0. The quantitative estimate of drug-likeness (QED) is 0.417. The third-order valence-corrected chi connectivity index (χ3v) is 3.99. The van der Waals surface area contributed by atoms with Crippen molar-refractivity contribution in [2.45, 2.75) is 57.1 Å². The number of carbonyl (C=O) groups is 1. The minimum Gasteiger partial charge on any atom is -0.468 e. The highest BCUT2D eigenvalue weighted by atomic mass is 32.2. The summed E-state index contributed by atoms with van der Waals surface area (Å²) in [4.78, 5) is 11.5. The largest absolute Gasteiger partial charge is 0.468 e. The molecule has 0 N–H and O–H groups in total. The van der Waals surface area contributed by atoms with Crippen LogP contribution < -0.4 is 0 Å². The van der Waals surface area contributed by atoms with Crippen molar-refractivity contribution in [3.8, 4) is 0 Å². The van der Waals surface area contributed by atoms with Gasteiger partial charge in [0.2, 0.25) is 0 Å². The Kier molecular flexibility index (Phi) is 12.0. The second-order valence-electron chi connectivity index (χ2n) is 4.13. The highest BCUT2D eigenvalue weighted by Crippen LogP contribution is 2.20. The number of thioether (sulfide) groups is 1. The zero-order chi connectivity index (χ0) is 12.9. The molecule has 0 aliphatic carbocycles. The molecular weight excluding hydrogens is 239 g/mol. The van der Waals surface area contributed by atoms with E-state index in [4.69, 9.17) is 4.74 Å². The van der Waals surface area contributed by atoms with Gasteiger partial charge in [-0.05, 0) is 25.0 Å². The molecular formula is C13H25FO2S. The molecule has 17 heavy (non-hydrogen) atoms. The fraction of sp³-hybridized carbons (Fsp3) is 0.923. The summed E-state index contributed by atoms with van der Waals surface area (Å²) in [5.41, 5.74) is 0.